The van der Waals surface area contributed by atoms with Gasteiger partial charge < -0.3 is 5.32 Å². The quantitative estimate of drug-likeness (QED) is 0.782. The average molecular weight is 296 g/mol. The zero-order chi connectivity index (χ0) is 14.5. The van der Waals surface area contributed by atoms with Gasteiger partial charge >= 0.3 is 0 Å². The van der Waals surface area contributed by atoms with Crippen molar-refractivity contribution < 1.29 is 8.78 Å². The predicted octanol–water partition coefficient (Wildman–Crippen LogP) is 4.78. The van der Waals surface area contributed by atoms with E-state index in [1.807, 2.05) is 6.07 Å². The zero-order valence-electron chi connectivity index (χ0n) is 11.2. The van der Waals surface area contributed by atoms with E-state index >= 15 is 0 Å². The van der Waals surface area contributed by atoms with Gasteiger partial charge in [0, 0.05) is 17.1 Å². The lowest BCUT2D eigenvalue weighted by atomic mass is 9.99. The monoisotopic (exact) mass is 295 g/mol. The number of halogens is 3. The van der Waals surface area contributed by atoms with Crippen LogP contribution in [0.2, 0.25) is 5.02 Å². The Morgan fingerprint density at radius 2 is 1.90 bits per heavy atom. The Labute approximate surface area is 122 Å². The predicted molar refractivity (Wildman–Crippen MR) is 78.8 cm³/mol. The molecule has 0 aliphatic heterocycles. The second kappa shape index (κ2) is 6.82. The maximum Gasteiger partial charge on any atom is 0.166 e. The SMILES string of the molecule is CCCNCc1ccc(Cl)cc1-c1cccc(F)c1F. The van der Waals surface area contributed by atoms with Gasteiger partial charge in [-0.05, 0) is 42.3 Å². The summed E-state index contributed by atoms with van der Waals surface area (Å²) in [6, 6.07) is 9.43. The van der Waals surface area contributed by atoms with E-state index in [9.17, 15) is 8.78 Å². The summed E-state index contributed by atoms with van der Waals surface area (Å²) in [6.07, 6.45) is 1.01. The van der Waals surface area contributed by atoms with E-state index in [0.717, 1.165) is 24.6 Å². The molecule has 1 nitrogen and oxygen atoms in total. The van der Waals surface area contributed by atoms with Crippen LogP contribution in [0.4, 0.5) is 8.78 Å². The van der Waals surface area contributed by atoms with Gasteiger partial charge in [0.15, 0.2) is 11.6 Å². The molecular formula is C16H16ClF2N. The Balaban J connectivity index is 2.43. The van der Waals surface area contributed by atoms with Crippen molar-refractivity contribution in [3.05, 3.63) is 58.6 Å². The fraction of sp³-hybridized carbons (Fsp3) is 0.250. The molecule has 2 aromatic rings. The highest BCUT2D eigenvalue weighted by Gasteiger charge is 2.13. The van der Waals surface area contributed by atoms with E-state index in [1.54, 1.807) is 18.2 Å². The molecule has 20 heavy (non-hydrogen) atoms. The van der Waals surface area contributed by atoms with E-state index in [2.05, 4.69) is 12.2 Å². The first kappa shape index (κ1) is 14.9. The van der Waals surface area contributed by atoms with Crippen LogP contribution in [0.3, 0.4) is 0 Å². The van der Waals surface area contributed by atoms with Gasteiger partial charge in [0.05, 0.1) is 0 Å². The first-order valence-electron chi connectivity index (χ1n) is 6.57. The molecule has 1 N–H and O–H groups in total. The second-order valence-electron chi connectivity index (χ2n) is 4.58. The van der Waals surface area contributed by atoms with E-state index in [4.69, 9.17) is 11.6 Å². The molecule has 0 bridgehead atoms. The van der Waals surface area contributed by atoms with Crippen LogP contribution < -0.4 is 5.32 Å². The molecule has 0 aromatic heterocycles. The molecular weight excluding hydrogens is 280 g/mol. The largest absolute Gasteiger partial charge is 0.313 e. The Kier molecular flexibility index (Phi) is 5.10. The molecule has 0 aliphatic carbocycles. The summed E-state index contributed by atoms with van der Waals surface area (Å²) in [6.45, 7) is 3.53. The van der Waals surface area contributed by atoms with E-state index < -0.39 is 11.6 Å². The first-order valence-corrected chi connectivity index (χ1v) is 6.94. The number of rotatable bonds is 5. The highest BCUT2D eigenvalue weighted by Crippen LogP contribution is 2.30. The zero-order valence-corrected chi connectivity index (χ0v) is 12.0. The van der Waals surface area contributed by atoms with Gasteiger partial charge in [-0.3, -0.25) is 0 Å². The number of benzene rings is 2. The summed E-state index contributed by atoms with van der Waals surface area (Å²) in [5.41, 5.74) is 1.76. The van der Waals surface area contributed by atoms with Gasteiger partial charge in [-0.25, -0.2) is 8.78 Å². The summed E-state index contributed by atoms with van der Waals surface area (Å²) in [4.78, 5) is 0. The summed E-state index contributed by atoms with van der Waals surface area (Å²) in [5, 5.41) is 3.76. The minimum absolute atomic E-state index is 0.237. The minimum atomic E-state index is -0.852. The van der Waals surface area contributed by atoms with E-state index in [1.165, 1.54) is 6.07 Å². The van der Waals surface area contributed by atoms with Crippen LogP contribution in [0.15, 0.2) is 36.4 Å². The Morgan fingerprint density at radius 3 is 2.65 bits per heavy atom. The van der Waals surface area contributed by atoms with E-state index in [-0.39, 0.29) is 5.56 Å². The highest BCUT2D eigenvalue weighted by molar-refractivity contribution is 6.30. The van der Waals surface area contributed by atoms with Gasteiger partial charge in [0.25, 0.3) is 0 Å². The lowest BCUT2D eigenvalue weighted by molar-refractivity contribution is 0.511. The maximum atomic E-state index is 13.9. The van der Waals surface area contributed by atoms with E-state index in [0.29, 0.717) is 17.1 Å². The standard InChI is InChI=1S/C16H16ClF2N/c1-2-8-20-10-11-6-7-12(17)9-14(11)13-4-3-5-15(18)16(13)19/h3-7,9,20H,2,8,10H2,1H3. The van der Waals surface area contributed by atoms with Crippen LogP contribution in [0, 0.1) is 11.6 Å². The van der Waals surface area contributed by atoms with Gasteiger partial charge in [-0.2, -0.15) is 0 Å². The second-order valence-corrected chi connectivity index (χ2v) is 5.02. The number of nitrogens with one attached hydrogen (secondary N) is 1. The van der Waals surface area contributed by atoms with Crippen molar-refractivity contribution in [3.63, 3.8) is 0 Å². The molecule has 0 amide bonds. The summed E-state index contributed by atoms with van der Waals surface area (Å²) < 4.78 is 27.3. The van der Waals surface area contributed by atoms with Crippen LogP contribution >= 0.6 is 11.6 Å². The molecule has 0 radical (unpaired) electrons. The molecule has 2 rings (SSSR count). The molecule has 0 spiro atoms. The molecule has 0 fully saturated rings. The smallest absolute Gasteiger partial charge is 0.166 e. The molecule has 0 aliphatic rings. The minimum Gasteiger partial charge on any atom is -0.313 e. The number of hydrogen-bond acceptors (Lipinski definition) is 1. The fourth-order valence-electron chi connectivity index (χ4n) is 2.07. The van der Waals surface area contributed by atoms with Crippen molar-refractivity contribution in [1.29, 1.82) is 0 Å². The lowest BCUT2D eigenvalue weighted by Gasteiger charge is -2.12. The van der Waals surface area contributed by atoms with Crippen LogP contribution in [0.1, 0.15) is 18.9 Å². The van der Waals surface area contributed by atoms with Gasteiger partial charge in [-0.15, -0.1) is 0 Å². The first-order chi connectivity index (χ1) is 9.63. The van der Waals surface area contributed by atoms with Crippen molar-refractivity contribution in [2.24, 2.45) is 0 Å². The third kappa shape index (κ3) is 3.35. The topological polar surface area (TPSA) is 12.0 Å². The van der Waals surface area contributed by atoms with Crippen molar-refractivity contribution >= 4 is 11.6 Å². The highest BCUT2D eigenvalue weighted by atomic mass is 35.5. The Hall–Kier alpha value is -1.45. The maximum absolute atomic E-state index is 13.9. The summed E-state index contributed by atoms with van der Waals surface area (Å²) in [7, 11) is 0. The molecule has 0 heterocycles. The van der Waals surface area contributed by atoms with Crippen LogP contribution in [0.25, 0.3) is 11.1 Å². The number of hydrogen-bond donors (Lipinski definition) is 1. The van der Waals surface area contributed by atoms with Gasteiger partial charge in [0.2, 0.25) is 0 Å². The van der Waals surface area contributed by atoms with Crippen molar-refractivity contribution in [1.82, 2.24) is 5.32 Å². The van der Waals surface area contributed by atoms with Crippen molar-refractivity contribution in [2.75, 3.05) is 6.54 Å². The summed E-state index contributed by atoms with van der Waals surface area (Å²) in [5.74, 6) is -1.69. The van der Waals surface area contributed by atoms with Crippen LogP contribution in [-0.4, -0.2) is 6.54 Å². The van der Waals surface area contributed by atoms with Gasteiger partial charge in [0.1, 0.15) is 0 Å². The summed E-state index contributed by atoms with van der Waals surface area (Å²) >= 11 is 5.98. The Morgan fingerprint density at radius 1 is 1.10 bits per heavy atom. The molecule has 4 heteroatoms. The Bertz CT molecular complexity index is 599. The van der Waals surface area contributed by atoms with Crippen LogP contribution in [-0.2, 0) is 6.54 Å². The normalized spacial score (nSPS) is 10.8. The third-order valence-electron chi connectivity index (χ3n) is 3.06. The van der Waals surface area contributed by atoms with Crippen LogP contribution in [0.5, 0.6) is 0 Å². The third-order valence-corrected chi connectivity index (χ3v) is 3.29. The van der Waals surface area contributed by atoms with Crippen molar-refractivity contribution in [3.8, 4) is 11.1 Å². The molecule has 0 unspecified atom stereocenters. The fourth-order valence-corrected chi connectivity index (χ4v) is 2.24. The molecule has 0 saturated carbocycles. The van der Waals surface area contributed by atoms with Crippen molar-refractivity contribution in [2.45, 2.75) is 19.9 Å². The average Bonchev–Trinajstić information content (AvgIpc) is 2.44. The molecule has 0 atom stereocenters. The van der Waals surface area contributed by atoms with Gasteiger partial charge in [-0.1, -0.05) is 36.7 Å². The molecule has 2 aromatic carbocycles. The molecule has 0 saturated heterocycles. The molecule has 106 valence electrons. The lowest BCUT2D eigenvalue weighted by Crippen LogP contribution is -2.14.